The molecule has 160 valence electrons. The van der Waals surface area contributed by atoms with Crippen molar-refractivity contribution in [2.24, 2.45) is 12.5 Å². The Kier molecular flexibility index (Phi) is 4.01. The second kappa shape index (κ2) is 6.34. The molecule has 2 aromatic heterocycles. The fourth-order valence-electron chi connectivity index (χ4n) is 4.16. The molecule has 5 rings (SSSR count). The van der Waals surface area contributed by atoms with E-state index in [1.807, 2.05) is 13.8 Å². The first kappa shape index (κ1) is 19.6. The Balaban J connectivity index is 1.54. The van der Waals surface area contributed by atoms with E-state index in [1.165, 1.54) is 22.8 Å². The third kappa shape index (κ3) is 3.16. The van der Waals surface area contributed by atoms with Gasteiger partial charge in [-0.15, -0.1) is 0 Å². The van der Waals surface area contributed by atoms with Gasteiger partial charge in [-0.25, -0.2) is 13.2 Å². The number of carbonyl (C=O) groups is 1. The van der Waals surface area contributed by atoms with E-state index >= 15 is 0 Å². The van der Waals surface area contributed by atoms with Gasteiger partial charge >= 0.3 is 5.76 Å². The van der Waals surface area contributed by atoms with Gasteiger partial charge in [0, 0.05) is 37.0 Å². The highest BCUT2D eigenvalue weighted by Crippen LogP contribution is 2.40. The van der Waals surface area contributed by atoms with Crippen molar-refractivity contribution in [2.45, 2.75) is 31.6 Å². The number of benzene rings is 2. The molecule has 0 saturated carbocycles. The number of oxazole rings is 1. The Morgan fingerprint density at radius 1 is 1.00 bits per heavy atom. The lowest BCUT2D eigenvalue weighted by Crippen LogP contribution is -2.25. The number of Topliss-reactive ketones (excluding diaryl/α,β-unsaturated/α-hetero) is 1. The summed E-state index contributed by atoms with van der Waals surface area (Å²) in [7, 11) is -2.40. The smallest absolute Gasteiger partial charge is 0.419 e. The number of aromatic nitrogens is 1. The van der Waals surface area contributed by atoms with Crippen LogP contribution in [-0.2, 0) is 23.5 Å². The van der Waals surface area contributed by atoms with Gasteiger partial charge in [0.1, 0.15) is 11.3 Å². The number of rotatable bonds is 3. The summed E-state index contributed by atoms with van der Waals surface area (Å²) < 4.78 is 40.6. The van der Waals surface area contributed by atoms with E-state index in [0.29, 0.717) is 46.3 Å². The lowest BCUT2D eigenvalue weighted by atomic mass is 9.76. The second-order valence-electron chi connectivity index (χ2n) is 8.71. The molecule has 0 radical (unpaired) electrons. The fourth-order valence-corrected chi connectivity index (χ4v) is 5.22. The molecule has 9 heteroatoms. The van der Waals surface area contributed by atoms with Gasteiger partial charge in [0.25, 0.3) is 10.0 Å². The summed E-state index contributed by atoms with van der Waals surface area (Å²) in [6, 6.07) is 9.10. The first-order valence-electron chi connectivity index (χ1n) is 9.75. The molecule has 0 amide bonds. The summed E-state index contributed by atoms with van der Waals surface area (Å²) in [5.74, 6) is 0.0657. The lowest BCUT2D eigenvalue weighted by Gasteiger charge is -2.27. The summed E-state index contributed by atoms with van der Waals surface area (Å²) in [5.41, 5.74) is 1.89. The molecule has 0 bridgehead atoms. The molecular formula is C22H20N2O6S. The maximum atomic E-state index is 12.9. The van der Waals surface area contributed by atoms with E-state index < -0.39 is 15.8 Å². The largest absolute Gasteiger partial charge is 0.460 e. The van der Waals surface area contributed by atoms with E-state index in [1.54, 1.807) is 25.2 Å². The monoisotopic (exact) mass is 440 g/mol. The summed E-state index contributed by atoms with van der Waals surface area (Å²) in [5, 5.41) is 0.597. The van der Waals surface area contributed by atoms with Crippen LogP contribution < -0.4 is 10.5 Å². The molecule has 1 aliphatic rings. The number of furan rings is 1. The molecule has 2 aromatic carbocycles. The van der Waals surface area contributed by atoms with Crippen LogP contribution in [-0.4, -0.2) is 18.8 Å². The highest BCUT2D eigenvalue weighted by Gasteiger charge is 2.35. The molecule has 0 unspecified atom stereocenters. The van der Waals surface area contributed by atoms with Crippen LogP contribution in [0.25, 0.3) is 22.1 Å². The van der Waals surface area contributed by atoms with E-state index in [4.69, 9.17) is 8.83 Å². The predicted molar refractivity (Wildman–Crippen MR) is 115 cm³/mol. The van der Waals surface area contributed by atoms with Crippen molar-refractivity contribution in [3.63, 3.8) is 0 Å². The van der Waals surface area contributed by atoms with Crippen LogP contribution >= 0.6 is 0 Å². The van der Waals surface area contributed by atoms with Crippen molar-refractivity contribution in [3.8, 4) is 0 Å². The van der Waals surface area contributed by atoms with Crippen LogP contribution in [0.15, 0.2) is 54.9 Å². The third-order valence-electron chi connectivity index (χ3n) is 5.64. The zero-order valence-electron chi connectivity index (χ0n) is 17.2. The van der Waals surface area contributed by atoms with E-state index in [0.717, 1.165) is 0 Å². The van der Waals surface area contributed by atoms with Gasteiger partial charge in [-0.2, -0.15) is 0 Å². The Hall–Kier alpha value is -3.33. The van der Waals surface area contributed by atoms with E-state index in [2.05, 4.69) is 4.72 Å². The number of nitrogens with zero attached hydrogens (tertiary/aromatic N) is 1. The number of aryl methyl sites for hydroxylation is 1. The number of nitrogens with one attached hydrogen (secondary N) is 1. The zero-order valence-corrected chi connectivity index (χ0v) is 18.0. The molecule has 0 spiro atoms. The van der Waals surface area contributed by atoms with Gasteiger partial charge in [-0.3, -0.25) is 14.1 Å². The number of hydrogen-bond donors (Lipinski definition) is 1. The van der Waals surface area contributed by atoms with Crippen LogP contribution in [0.4, 0.5) is 5.69 Å². The summed E-state index contributed by atoms with van der Waals surface area (Å²) in [4.78, 5) is 24.3. The van der Waals surface area contributed by atoms with Gasteiger partial charge in [0.15, 0.2) is 11.4 Å². The standard InChI is InChI=1S/C22H20N2O6S/c1-22(2)10-16(25)20-14-8-12(4-7-17(14)29-19(20)11-22)23-31(27,28)13-5-6-15-18(9-13)30-21(26)24(15)3/h4-9,23H,10-11H2,1-3H3. The molecule has 0 fully saturated rings. The molecule has 0 saturated heterocycles. The lowest BCUT2D eigenvalue weighted by molar-refractivity contribution is 0.0906. The Bertz CT molecular complexity index is 1550. The molecule has 1 aliphatic carbocycles. The zero-order chi connectivity index (χ0) is 22.1. The minimum Gasteiger partial charge on any atom is -0.460 e. The van der Waals surface area contributed by atoms with E-state index in [-0.39, 0.29) is 21.7 Å². The van der Waals surface area contributed by atoms with Gasteiger partial charge in [0.2, 0.25) is 0 Å². The average Bonchev–Trinajstić information content (AvgIpc) is 3.16. The second-order valence-corrected chi connectivity index (χ2v) is 10.4. The summed E-state index contributed by atoms with van der Waals surface area (Å²) >= 11 is 0. The van der Waals surface area contributed by atoms with Crippen LogP contribution in [0.1, 0.15) is 36.4 Å². The number of ketones is 1. The van der Waals surface area contributed by atoms with Crippen LogP contribution in [0, 0.1) is 5.41 Å². The number of anilines is 1. The van der Waals surface area contributed by atoms with Crippen molar-refractivity contribution in [1.29, 1.82) is 0 Å². The van der Waals surface area contributed by atoms with Crippen LogP contribution in [0.3, 0.4) is 0 Å². The number of sulfonamides is 1. The maximum absolute atomic E-state index is 12.9. The minimum absolute atomic E-state index is 0.00503. The van der Waals surface area contributed by atoms with Crippen LogP contribution in [0.2, 0.25) is 0 Å². The first-order chi connectivity index (χ1) is 14.5. The van der Waals surface area contributed by atoms with Crippen molar-refractivity contribution in [2.75, 3.05) is 4.72 Å². The SMILES string of the molecule is Cn1c(=O)oc2cc(S(=O)(=O)Nc3ccc4oc5c(c4c3)C(=O)CC(C)(C)C5)ccc21. The topological polar surface area (TPSA) is 112 Å². The molecule has 2 heterocycles. The van der Waals surface area contributed by atoms with Crippen molar-refractivity contribution < 1.29 is 22.0 Å². The molecular weight excluding hydrogens is 420 g/mol. The Morgan fingerprint density at radius 3 is 2.55 bits per heavy atom. The first-order valence-corrected chi connectivity index (χ1v) is 11.2. The minimum atomic E-state index is -3.95. The van der Waals surface area contributed by atoms with Gasteiger partial charge in [-0.05, 0) is 35.7 Å². The molecule has 8 nitrogen and oxygen atoms in total. The van der Waals surface area contributed by atoms with Gasteiger partial charge in [-0.1, -0.05) is 13.8 Å². The average molecular weight is 440 g/mol. The van der Waals surface area contributed by atoms with Crippen molar-refractivity contribution in [3.05, 3.63) is 58.3 Å². The summed E-state index contributed by atoms with van der Waals surface area (Å²) in [6.07, 6.45) is 1.05. The molecule has 0 atom stereocenters. The highest BCUT2D eigenvalue weighted by molar-refractivity contribution is 7.92. The van der Waals surface area contributed by atoms with Crippen molar-refractivity contribution >= 4 is 43.6 Å². The number of hydrogen-bond acceptors (Lipinski definition) is 6. The number of carbonyl (C=O) groups excluding carboxylic acids is 1. The molecule has 1 N–H and O–H groups in total. The van der Waals surface area contributed by atoms with Crippen LogP contribution in [0.5, 0.6) is 0 Å². The fraction of sp³-hybridized carbons (Fsp3) is 0.273. The maximum Gasteiger partial charge on any atom is 0.419 e. The Labute approximate surface area is 177 Å². The molecule has 0 aliphatic heterocycles. The predicted octanol–water partition coefficient (Wildman–Crippen LogP) is 3.83. The molecule has 4 aromatic rings. The number of fused-ring (bicyclic) bond motifs is 4. The molecule has 31 heavy (non-hydrogen) atoms. The highest BCUT2D eigenvalue weighted by atomic mass is 32.2. The quantitative estimate of drug-likeness (QED) is 0.518. The normalized spacial score (nSPS) is 16.0. The van der Waals surface area contributed by atoms with Gasteiger partial charge in [0.05, 0.1) is 16.0 Å². The van der Waals surface area contributed by atoms with E-state index in [9.17, 15) is 18.0 Å². The third-order valence-corrected chi connectivity index (χ3v) is 7.02. The van der Waals surface area contributed by atoms with Crippen molar-refractivity contribution in [1.82, 2.24) is 4.57 Å². The summed E-state index contributed by atoms with van der Waals surface area (Å²) in [6.45, 7) is 4.04. The Morgan fingerprint density at radius 2 is 1.77 bits per heavy atom. The van der Waals surface area contributed by atoms with Gasteiger partial charge < -0.3 is 8.83 Å².